The molecule has 1 aromatic heterocycles. The molecule has 2 aromatic rings. The number of halogens is 2. The molecule has 0 bridgehead atoms. The first kappa shape index (κ1) is 14.3. The Morgan fingerprint density at radius 3 is 2.63 bits per heavy atom. The average Bonchev–Trinajstić information content (AvgIpc) is 2.42. The Balaban J connectivity index is 1.87. The van der Waals surface area contributed by atoms with E-state index in [0.717, 1.165) is 17.5 Å². The van der Waals surface area contributed by atoms with Crippen LogP contribution in [-0.2, 0) is 12.8 Å². The maximum Gasteiger partial charge on any atom is 0.0595 e. The fourth-order valence-electron chi connectivity index (χ4n) is 1.92. The molecule has 2 rings (SSSR count). The van der Waals surface area contributed by atoms with Crippen molar-refractivity contribution in [2.75, 3.05) is 0 Å². The van der Waals surface area contributed by atoms with E-state index in [-0.39, 0.29) is 0 Å². The first-order valence-corrected chi connectivity index (χ1v) is 6.91. The van der Waals surface area contributed by atoms with Gasteiger partial charge in [0.2, 0.25) is 0 Å². The third-order valence-corrected chi connectivity index (χ3v) is 3.68. The van der Waals surface area contributed by atoms with Gasteiger partial charge in [-0.15, -0.1) is 0 Å². The molecule has 1 unspecified atom stereocenters. The summed E-state index contributed by atoms with van der Waals surface area (Å²) in [5, 5.41) is 11.1. The number of benzene rings is 1. The van der Waals surface area contributed by atoms with Gasteiger partial charge < -0.3 is 5.11 Å². The number of aryl methyl sites for hydroxylation is 1. The molecule has 0 aliphatic heterocycles. The SMILES string of the molecule is OC(CCc1cccnc1)Cc1ccc(Cl)c(Cl)c1. The zero-order chi connectivity index (χ0) is 13.7. The van der Waals surface area contributed by atoms with Crippen LogP contribution in [0.2, 0.25) is 10.0 Å². The molecular weight excluding hydrogens is 281 g/mol. The molecule has 0 spiro atoms. The molecular formula is C15H15Cl2NO. The molecule has 19 heavy (non-hydrogen) atoms. The minimum absolute atomic E-state index is 0.391. The molecule has 1 atom stereocenters. The van der Waals surface area contributed by atoms with Crippen LogP contribution >= 0.6 is 23.2 Å². The summed E-state index contributed by atoms with van der Waals surface area (Å²) in [5.74, 6) is 0. The van der Waals surface area contributed by atoms with E-state index in [0.29, 0.717) is 22.9 Å². The number of aromatic nitrogens is 1. The van der Waals surface area contributed by atoms with Crippen molar-refractivity contribution in [2.24, 2.45) is 0 Å². The number of hydrogen-bond donors (Lipinski definition) is 1. The van der Waals surface area contributed by atoms with Crippen LogP contribution in [0.25, 0.3) is 0 Å². The van der Waals surface area contributed by atoms with E-state index in [1.165, 1.54) is 0 Å². The van der Waals surface area contributed by atoms with Gasteiger partial charge in [0.15, 0.2) is 0 Å². The van der Waals surface area contributed by atoms with E-state index in [2.05, 4.69) is 4.98 Å². The zero-order valence-corrected chi connectivity index (χ0v) is 11.9. The van der Waals surface area contributed by atoms with Crippen LogP contribution in [0.3, 0.4) is 0 Å². The molecule has 2 nitrogen and oxygen atoms in total. The molecule has 0 aliphatic carbocycles. The fourth-order valence-corrected chi connectivity index (χ4v) is 2.24. The minimum Gasteiger partial charge on any atom is -0.393 e. The largest absolute Gasteiger partial charge is 0.393 e. The highest BCUT2D eigenvalue weighted by Gasteiger charge is 2.08. The van der Waals surface area contributed by atoms with Crippen molar-refractivity contribution in [3.63, 3.8) is 0 Å². The van der Waals surface area contributed by atoms with E-state index in [1.54, 1.807) is 18.3 Å². The summed E-state index contributed by atoms with van der Waals surface area (Å²) in [6.07, 6.45) is 5.28. The Kier molecular flexibility index (Phi) is 5.20. The van der Waals surface area contributed by atoms with Crippen molar-refractivity contribution >= 4 is 23.2 Å². The van der Waals surface area contributed by atoms with Gasteiger partial charge in [-0.2, -0.15) is 0 Å². The fraction of sp³-hybridized carbons (Fsp3) is 0.267. The lowest BCUT2D eigenvalue weighted by Crippen LogP contribution is -2.11. The lowest BCUT2D eigenvalue weighted by atomic mass is 10.0. The van der Waals surface area contributed by atoms with Crippen molar-refractivity contribution in [3.8, 4) is 0 Å². The lowest BCUT2D eigenvalue weighted by molar-refractivity contribution is 0.165. The van der Waals surface area contributed by atoms with Crippen LogP contribution in [0.1, 0.15) is 17.5 Å². The summed E-state index contributed by atoms with van der Waals surface area (Å²) in [6.45, 7) is 0. The summed E-state index contributed by atoms with van der Waals surface area (Å²) in [4.78, 5) is 4.05. The third kappa shape index (κ3) is 4.50. The monoisotopic (exact) mass is 295 g/mol. The highest BCUT2D eigenvalue weighted by Crippen LogP contribution is 2.23. The Morgan fingerprint density at radius 1 is 1.11 bits per heavy atom. The maximum atomic E-state index is 10.0. The van der Waals surface area contributed by atoms with Crippen molar-refractivity contribution in [1.82, 2.24) is 4.98 Å². The number of pyridine rings is 1. The number of hydrogen-bond acceptors (Lipinski definition) is 2. The van der Waals surface area contributed by atoms with Crippen LogP contribution in [0.15, 0.2) is 42.7 Å². The van der Waals surface area contributed by atoms with E-state index >= 15 is 0 Å². The molecule has 4 heteroatoms. The third-order valence-electron chi connectivity index (χ3n) is 2.94. The maximum absolute atomic E-state index is 10.0. The standard InChI is InChI=1S/C15H15Cl2NO/c16-14-6-4-12(9-15(14)17)8-13(19)5-3-11-2-1-7-18-10-11/h1-2,4,6-7,9-10,13,19H,3,5,8H2. The predicted molar refractivity (Wildman–Crippen MR) is 78.7 cm³/mol. The van der Waals surface area contributed by atoms with Gasteiger partial charge in [-0.25, -0.2) is 0 Å². The predicted octanol–water partition coefficient (Wildman–Crippen LogP) is 3.92. The minimum atomic E-state index is -0.391. The smallest absolute Gasteiger partial charge is 0.0595 e. The van der Waals surface area contributed by atoms with E-state index < -0.39 is 6.10 Å². The molecule has 0 radical (unpaired) electrons. The summed E-state index contributed by atoms with van der Waals surface area (Å²) < 4.78 is 0. The highest BCUT2D eigenvalue weighted by molar-refractivity contribution is 6.42. The van der Waals surface area contributed by atoms with Crippen LogP contribution in [0.5, 0.6) is 0 Å². The lowest BCUT2D eigenvalue weighted by Gasteiger charge is -2.11. The number of aliphatic hydroxyl groups is 1. The highest BCUT2D eigenvalue weighted by atomic mass is 35.5. The Morgan fingerprint density at radius 2 is 1.95 bits per heavy atom. The van der Waals surface area contributed by atoms with Gasteiger partial charge in [-0.3, -0.25) is 4.98 Å². The second-order valence-corrected chi connectivity index (χ2v) is 5.32. The molecule has 0 saturated heterocycles. The molecule has 0 aliphatic rings. The van der Waals surface area contributed by atoms with Gasteiger partial charge in [0.1, 0.15) is 0 Å². The molecule has 0 saturated carbocycles. The number of nitrogens with zero attached hydrogens (tertiary/aromatic N) is 1. The summed E-state index contributed by atoms with van der Waals surface area (Å²) in [7, 11) is 0. The summed E-state index contributed by atoms with van der Waals surface area (Å²) >= 11 is 11.8. The van der Waals surface area contributed by atoms with Gasteiger partial charge in [-0.05, 0) is 48.6 Å². The van der Waals surface area contributed by atoms with Crippen LogP contribution in [-0.4, -0.2) is 16.2 Å². The topological polar surface area (TPSA) is 33.1 Å². The van der Waals surface area contributed by atoms with Crippen molar-refractivity contribution in [3.05, 3.63) is 63.9 Å². The molecule has 0 fully saturated rings. The van der Waals surface area contributed by atoms with Crippen LogP contribution in [0.4, 0.5) is 0 Å². The van der Waals surface area contributed by atoms with Crippen molar-refractivity contribution in [1.29, 1.82) is 0 Å². The van der Waals surface area contributed by atoms with Gasteiger partial charge in [0.25, 0.3) is 0 Å². The Bertz CT molecular complexity index is 531. The van der Waals surface area contributed by atoms with Crippen LogP contribution < -0.4 is 0 Å². The Labute approximate surface area is 123 Å². The summed E-state index contributed by atoms with van der Waals surface area (Å²) in [5.41, 5.74) is 2.13. The van der Waals surface area contributed by atoms with E-state index in [4.69, 9.17) is 23.2 Å². The zero-order valence-electron chi connectivity index (χ0n) is 10.4. The van der Waals surface area contributed by atoms with Crippen molar-refractivity contribution < 1.29 is 5.11 Å². The van der Waals surface area contributed by atoms with Gasteiger partial charge >= 0.3 is 0 Å². The second-order valence-electron chi connectivity index (χ2n) is 4.51. The number of aliphatic hydroxyl groups excluding tert-OH is 1. The first-order valence-electron chi connectivity index (χ1n) is 6.16. The van der Waals surface area contributed by atoms with Crippen molar-refractivity contribution in [2.45, 2.75) is 25.4 Å². The first-order chi connectivity index (χ1) is 9.15. The molecule has 1 N–H and O–H groups in total. The normalized spacial score (nSPS) is 12.4. The second kappa shape index (κ2) is 6.90. The van der Waals surface area contributed by atoms with Gasteiger partial charge in [-0.1, -0.05) is 35.3 Å². The van der Waals surface area contributed by atoms with E-state index in [1.807, 2.05) is 24.4 Å². The van der Waals surface area contributed by atoms with Crippen LogP contribution in [0, 0.1) is 0 Å². The van der Waals surface area contributed by atoms with E-state index in [9.17, 15) is 5.11 Å². The average molecular weight is 296 g/mol. The Hall–Kier alpha value is -1.09. The molecule has 1 heterocycles. The molecule has 0 amide bonds. The van der Waals surface area contributed by atoms with Gasteiger partial charge in [0.05, 0.1) is 16.1 Å². The summed E-state index contributed by atoms with van der Waals surface area (Å²) in [6, 6.07) is 9.37. The quantitative estimate of drug-likeness (QED) is 0.907. The number of rotatable bonds is 5. The molecule has 100 valence electrons. The molecule has 1 aromatic carbocycles. The van der Waals surface area contributed by atoms with Gasteiger partial charge in [0, 0.05) is 12.4 Å².